The third-order valence-electron chi connectivity index (χ3n) is 1.37. The van der Waals surface area contributed by atoms with Crippen molar-refractivity contribution in [2.75, 3.05) is 0 Å². The van der Waals surface area contributed by atoms with Crippen LogP contribution in [-0.2, 0) is 6.42 Å². The number of halogens is 1. The zero-order valence-electron chi connectivity index (χ0n) is 6.76. The van der Waals surface area contributed by atoms with Crippen LogP contribution in [0, 0.1) is 6.92 Å². The second-order valence-corrected chi connectivity index (χ2v) is 3.29. The van der Waals surface area contributed by atoms with Crippen LogP contribution in [0.4, 0.5) is 0 Å². The third-order valence-corrected chi connectivity index (χ3v) is 1.77. The number of rotatable bonds is 2. The van der Waals surface area contributed by atoms with E-state index < -0.39 is 0 Å². The topological polar surface area (TPSA) is 25.8 Å². The Kier molecular flexibility index (Phi) is 3.00. The van der Waals surface area contributed by atoms with Gasteiger partial charge in [-0.2, -0.15) is 0 Å². The maximum Gasteiger partial charge on any atom is 0.126 e. The molecule has 0 radical (unpaired) electrons. The van der Waals surface area contributed by atoms with E-state index in [2.05, 4.69) is 32.8 Å². The summed E-state index contributed by atoms with van der Waals surface area (Å²) in [5.74, 6) is 0.836. The smallest absolute Gasteiger partial charge is 0.126 e. The Hall–Kier alpha value is -0.440. The molecule has 60 valence electrons. The first-order valence-electron chi connectivity index (χ1n) is 3.72. The highest BCUT2D eigenvalue weighted by Crippen LogP contribution is 2.08. The molecule has 1 aromatic rings. The van der Waals surface area contributed by atoms with E-state index in [4.69, 9.17) is 0 Å². The summed E-state index contributed by atoms with van der Waals surface area (Å²) < 4.78 is 0.883. The summed E-state index contributed by atoms with van der Waals surface area (Å²) in [5.41, 5.74) is 1.12. The third kappa shape index (κ3) is 2.58. The number of aryl methyl sites for hydroxylation is 2. The van der Waals surface area contributed by atoms with Crippen molar-refractivity contribution in [2.24, 2.45) is 0 Å². The fourth-order valence-electron chi connectivity index (χ4n) is 0.974. The van der Waals surface area contributed by atoms with Gasteiger partial charge < -0.3 is 0 Å². The van der Waals surface area contributed by atoms with E-state index >= 15 is 0 Å². The molecule has 0 unspecified atom stereocenters. The van der Waals surface area contributed by atoms with Gasteiger partial charge in [0.2, 0.25) is 0 Å². The van der Waals surface area contributed by atoms with Crippen LogP contribution in [0.15, 0.2) is 10.7 Å². The van der Waals surface area contributed by atoms with Crippen LogP contribution in [0.2, 0.25) is 0 Å². The van der Waals surface area contributed by atoms with Gasteiger partial charge in [0.05, 0.1) is 0 Å². The molecule has 11 heavy (non-hydrogen) atoms. The summed E-state index contributed by atoms with van der Waals surface area (Å²) in [5, 5.41) is 0. The lowest BCUT2D eigenvalue weighted by atomic mass is 10.2. The van der Waals surface area contributed by atoms with Crippen molar-refractivity contribution in [2.45, 2.75) is 26.7 Å². The maximum absolute atomic E-state index is 4.28. The molecule has 1 aromatic heterocycles. The van der Waals surface area contributed by atoms with Gasteiger partial charge in [0.15, 0.2) is 0 Å². The fourth-order valence-corrected chi connectivity index (χ4v) is 1.49. The summed E-state index contributed by atoms with van der Waals surface area (Å²) >= 11 is 3.33. The Morgan fingerprint density at radius 3 is 2.73 bits per heavy atom. The molecule has 0 atom stereocenters. The highest BCUT2D eigenvalue weighted by Gasteiger charge is 1.97. The first-order valence-corrected chi connectivity index (χ1v) is 4.51. The molecule has 1 rings (SSSR count). The molecule has 0 fully saturated rings. The van der Waals surface area contributed by atoms with E-state index in [-0.39, 0.29) is 0 Å². The fraction of sp³-hybridized carbons (Fsp3) is 0.500. The van der Waals surface area contributed by atoms with Gasteiger partial charge in [-0.15, -0.1) is 0 Å². The Morgan fingerprint density at radius 1 is 1.45 bits per heavy atom. The average Bonchev–Trinajstić information content (AvgIpc) is 1.85. The summed E-state index contributed by atoms with van der Waals surface area (Å²) in [6.45, 7) is 4.05. The van der Waals surface area contributed by atoms with Crippen molar-refractivity contribution in [3.8, 4) is 0 Å². The minimum absolute atomic E-state index is 0.836. The molecular weight excluding hydrogens is 204 g/mol. The molecule has 0 aliphatic rings. The molecule has 1 heterocycles. The Bertz CT molecular complexity index is 228. The average molecular weight is 215 g/mol. The summed E-state index contributed by atoms with van der Waals surface area (Å²) in [4.78, 5) is 8.40. The number of aromatic nitrogens is 2. The lowest BCUT2D eigenvalue weighted by molar-refractivity contribution is 0.851. The van der Waals surface area contributed by atoms with Crippen molar-refractivity contribution in [1.82, 2.24) is 9.97 Å². The number of hydrogen-bond donors (Lipinski definition) is 0. The van der Waals surface area contributed by atoms with Crippen LogP contribution in [-0.4, -0.2) is 9.97 Å². The molecule has 3 heteroatoms. The Morgan fingerprint density at radius 2 is 2.18 bits per heavy atom. The standard InChI is InChI=1S/C8H11BrN2/c1-3-4-7-5-8(9)11-6(2)10-7/h5H,3-4H2,1-2H3. The van der Waals surface area contributed by atoms with E-state index in [9.17, 15) is 0 Å². The van der Waals surface area contributed by atoms with Gasteiger partial charge in [0.1, 0.15) is 10.4 Å². The minimum Gasteiger partial charge on any atom is -0.238 e. The second-order valence-electron chi connectivity index (χ2n) is 2.48. The summed E-state index contributed by atoms with van der Waals surface area (Å²) in [6.07, 6.45) is 2.16. The van der Waals surface area contributed by atoms with E-state index in [0.717, 1.165) is 29.0 Å². The van der Waals surface area contributed by atoms with Gasteiger partial charge in [-0.3, -0.25) is 0 Å². The normalized spacial score (nSPS) is 10.1. The summed E-state index contributed by atoms with van der Waals surface area (Å²) in [6, 6.07) is 1.97. The molecule has 0 N–H and O–H groups in total. The van der Waals surface area contributed by atoms with Gasteiger partial charge in [0.25, 0.3) is 0 Å². The summed E-state index contributed by atoms with van der Waals surface area (Å²) in [7, 11) is 0. The zero-order chi connectivity index (χ0) is 8.27. The van der Waals surface area contributed by atoms with E-state index in [0.29, 0.717) is 0 Å². The second kappa shape index (κ2) is 3.81. The van der Waals surface area contributed by atoms with Crippen LogP contribution in [0.5, 0.6) is 0 Å². The van der Waals surface area contributed by atoms with Gasteiger partial charge in [0, 0.05) is 5.69 Å². The van der Waals surface area contributed by atoms with Crippen molar-refractivity contribution < 1.29 is 0 Å². The van der Waals surface area contributed by atoms with Crippen LogP contribution in [0.3, 0.4) is 0 Å². The van der Waals surface area contributed by atoms with Crippen molar-refractivity contribution in [1.29, 1.82) is 0 Å². The van der Waals surface area contributed by atoms with Gasteiger partial charge in [-0.1, -0.05) is 13.3 Å². The van der Waals surface area contributed by atoms with Crippen molar-refractivity contribution in [3.63, 3.8) is 0 Å². The van der Waals surface area contributed by atoms with E-state index in [1.54, 1.807) is 0 Å². The van der Waals surface area contributed by atoms with Crippen LogP contribution < -0.4 is 0 Å². The molecule has 0 amide bonds. The molecule has 0 aliphatic carbocycles. The molecule has 0 bridgehead atoms. The monoisotopic (exact) mass is 214 g/mol. The van der Waals surface area contributed by atoms with Gasteiger partial charge in [-0.25, -0.2) is 9.97 Å². The first-order chi connectivity index (χ1) is 5.22. The molecule has 2 nitrogen and oxygen atoms in total. The van der Waals surface area contributed by atoms with Gasteiger partial charge in [-0.05, 0) is 35.3 Å². The zero-order valence-corrected chi connectivity index (χ0v) is 8.35. The van der Waals surface area contributed by atoms with Crippen LogP contribution in [0.25, 0.3) is 0 Å². The molecule has 0 saturated heterocycles. The quantitative estimate of drug-likeness (QED) is 0.708. The van der Waals surface area contributed by atoms with Gasteiger partial charge >= 0.3 is 0 Å². The Labute approximate surface area is 75.2 Å². The molecule has 0 aromatic carbocycles. The molecule has 0 spiro atoms. The Balaban J connectivity index is 2.89. The lowest BCUT2D eigenvalue weighted by Crippen LogP contribution is -1.94. The van der Waals surface area contributed by atoms with E-state index in [1.807, 2.05) is 13.0 Å². The van der Waals surface area contributed by atoms with Crippen molar-refractivity contribution in [3.05, 3.63) is 22.2 Å². The van der Waals surface area contributed by atoms with E-state index in [1.165, 1.54) is 0 Å². The highest BCUT2D eigenvalue weighted by atomic mass is 79.9. The predicted octanol–water partition coefficient (Wildman–Crippen LogP) is 2.50. The highest BCUT2D eigenvalue weighted by molar-refractivity contribution is 9.10. The first kappa shape index (κ1) is 8.65. The molecular formula is C8H11BrN2. The molecule has 0 saturated carbocycles. The van der Waals surface area contributed by atoms with Crippen molar-refractivity contribution >= 4 is 15.9 Å². The number of hydrogen-bond acceptors (Lipinski definition) is 2. The largest absolute Gasteiger partial charge is 0.238 e. The van der Waals surface area contributed by atoms with Crippen LogP contribution >= 0.6 is 15.9 Å². The predicted molar refractivity (Wildman–Crippen MR) is 48.5 cm³/mol. The minimum atomic E-state index is 0.836. The number of nitrogens with zero attached hydrogens (tertiary/aromatic N) is 2. The molecule has 0 aliphatic heterocycles. The van der Waals surface area contributed by atoms with Crippen LogP contribution in [0.1, 0.15) is 24.9 Å². The SMILES string of the molecule is CCCc1cc(Br)nc(C)n1. The lowest BCUT2D eigenvalue weighted by Gasteiger charge is -1.99. The maximum atomic E-state index is 4.28.